The molecule has 2 aliphatic rings. The molecule has 0 radical (unpaired) electrons. The van der Waals surface area contributed by atoms with E-state index in [-0.39, 0.29) is 11.4 Å². The predicted molar refractivity (Wildman–Crippen MR) is 76.4 cm³/mol. The van der Waals surface area contributed by atoms with Crippen LogP contribution in [0.1, 0.15) is 25.8 Å². The first-order valence-electron chi connectivity index (χ1n) is 6.38. The molecular formula is C15H17NO2S. The standard InChI is InChI=1S/C15H17NO2S/c1-15(2)8-10-6-9-4-5-11(18-3)7-12(9)19-13(10)14(17)16-15/h4-5,7H,6,8H2,1-3H3,(H,16,17). The Morgan fingerprint density at radius 2 is 2.16 bits per heavy atom. The molecule has 0 spiro atoms. The molecule has 3 rings (SSSR count). The zero-order valence-electron chi connectivity index (χ0n) is 11.4. The second kappa shape index (κ2) is 4.30. The van der Waals surface area contributed by atoms with Crippen molar-refractivity contribution in [3.63, 3.8) is 0 Å². The molecule has 4 heteroatoms. The lowest BCUT2D eigenvalue weighted by Crippen LogP contribution is -2.48. The Balaban J connectivity index is 1.98. The summed E-state index contributed by atoms with van der Waals surface area (Å²) in [5, 5.41) is 3.07. The van der Waals surface area contributed by atoms with Crippen molar-refractivity contribution in [3.05, 3.63) is 34.2 Å². The van der Waals surface area contributed by atoms with Gasteiger partial charge in [-0.05, 0) is 50.0 Å². The van der Waals surface area contributed by atoms with E-state index in [2.05, 4.69) is 25.2 Å². The fraction of sp³-hybridized carbons (Fsp3) is 0.400. The Morgan fingerprint density at radius 1 is 1.37 bits per heavy atom. The molecule has 0 saturated heterocycles. The van der Waals surface area contributed by atoms with E-state index in [1.54, 1.807) is 18.9 Å². The van der Waals surface area contributed by atoms with Crippen LogP contribution in [0.15, 0.2) is 33.6 Å². The number of fused-ring (bicyclic) bond motifs is 1. The highest BCUT2D eigenvalue weighted by Gasteiger charge is 2.34. The van der Waals surface area contributed by atoms with E-state index in [9.17, 15) is 4.79 Å². The molecule has 100 valence electrons. The van der Waals surface area contributed by atoms with Gasteiger partial charge in [0, 0.05) is 10.4 Å². The zero-order chi connectivity index (χ0) is 13.6. The van der Waals surface area contributed by atoms with E-state index in [0.717, 1.165) is 28.4 Å². The van der Waals surface area contributed by atoms with Gasteiger partial charge in [-0.3, -0.25) is 4.79 Å². The number of nitrogens with one attached hydrogen (secondary N) is 1. The van der Waals surface area contributed by atoms with Crippen molar-refractivity contribution in [3.8, 4) is 5.75 Å². The van der Waals surface area contributed by atoms with Gasteiger partial charge in [0.1, 0.15) is 5.75 Å². The smallest absolute Gasteiger partial charge is 0.258 e. The van der Waals surface area contributed by atoms with Crippen LogP contribution >= 0.6 is 11.8 Å². The van der Waals surface area contributed by atoms with Crippen molar-refractivity contribution >= 4 is 17.7 Å². The van der Waals surface area contributed by atoms with Crippen molar-refractivity contribution < 1.29 is 9.53 Å². The minimum atomic E-state index is -0.138. The number of rotatable bonds is 1. The Bertz CT molecular complexity index is 590. The van der Waals surface area contributed by atoms with Crippen LogP contribution in [-0.4, -0.2) is 18.6 Å². The first-order valence-corrected chi connectivity index (χ1v) is 7.19. The van der Waals surface area contributed by atoms with Gasteiger partial charge in [0.15, 0.2) is 0 Å². The molecule has 0 atom stereocenters. The van der Waals surface area contributed by atoms with Gasteiger partial charge in [0.25, 0.3) is 5.91 Å². The van der Waals surface area contributed by atoms with Gasteiger partial charge in [-0.15, -0.1) is 0 Å². The molecule has 1 amide bonds. The summed E-state index contributed by atoms with van der Waals surface area (Å²) in [7, 11) is 1.66. The monoisotopic (exact) mass is 275 g/mol. The number of methoxy groups -OCH3 is 1. The average molecular weight is 275 g/mol. The van der Waals surface area contributed by atoms with Gasteiger partial charge in [0.05, 0.1) is 12.0 Å². The Hall–Kier alpha value is -1.42. The summed E-state index contributed by atoms with van der Waals surface area (Å²) in [5.74, 6) is 0.900. The summed E-state index contributed by atoms with van der Waals surface area (Å²) in [6.07, 6.45) is 1.80. The third-order valence-electron chi connectivity index (χ3n) is 3.52. The van der Waals surface area contributed by atoms with Crippen LogP contribution in [0.4, 0.5) is 0 Å². The maximum atomic E-state index is 12.2. The number of hydrogen-bond acceptors (Lipinski definition) is 3. The number of ether oxygens (including phenoxy) is 1. The lowest BCUT2D eigenvalue weighted by Gasteiger charge is -2.36. The first-order chi connectivity index (χ1) is 8.98. The molecule has 0 bridgehead atoms. The van der Waals surface area contributed by atoms with Crippen molar-refractivity contribution in [1.29, 1.82) is 0 Å². The summed E-state index contributed by atoms with van der Waals surface area (Å²) in [6, 6.07) is 6.10. The molecule has 1 aromatic carbocycles. The van der Waals surface area contributed by atoms with Gasteiger partial charge in [-0.25, -0.2) is 0 Å². The molecule has 0 fully saturated rings. The van der Waals surface area contributed by atoms with Crippen molar-refractivity contribution in [1.82, 2.24) is 5.32 Å². The van der Waals surface area contributed by atoms with Crippen LogP contribution in [0.2, 0.25) is 0 Å². The summed E-state index contributed by atoms with van der Waals surface area (Å²) < 4.78 is 5.25. The van der Waals surface area contributed by atoms with Crippen molar-refractivity contribution in [2.45, 2.75) is 37.1 Å². The highest BCUT2D eigenvalue weighted by molar-refractivity contribution is 8.04. The molecule has 3 nitrogen and oxygen atoms in total. The third kappa shape index (κ3) is 2.25. The number of benzene rings is 1. The van der Waals surface area contributed by atoms with E-state index in [0.29, 0.717) is 0 Å². The maximum Gasteiger partial charge on any atom is 0.258 e. The minimum absolute atomic E-state index is 0.0599. The number of hydrogen-bond donors (Lipinski definition) is 1. The molecular weight excluding hydrogens is 258 g/mol. The van der Waals surface area contributed by atoms with Crippen LogP contribution in [0.5, 0.6) is 5.75 Å². The molecule has 2 heterocycles. The number of carbonyl (C=O) groups is 1. The quantitative estimate of drug-likeness (QED) is 0.856. The van der Waals surface area contributed by atoms with E-state index < -0.39 is 0 Å². The van der Waals surface area contributed by atoms with Gasteiger partial charge in [-0.2, -0.15) is 0 Å². The third-order valence-corrected chi connectivity index (χ3v) is 4.80. The lowest BCUT2D eigenvalue weighted by molar-refractivity contribution is -0.118. The molecule has 0 aromatic heterocycles. The predicted octanol–water partition coefficient (Wildman–Crippen LogP) is 2.90. The highest BCUT2D eigenvalue weighted by Crippen LogP contribution is 2.44. The number of amides is 1. The van der Waals surface area contributed by atoms with Crippen LogP contribution in [-0.2, 0) is 11.2 Å². The molecule has 0 saturated carbocycles. The minimum Gasteiger partial charge on any atom is -0.497 e. The molecule has 0 unspecified atom stereocenters. The van der Waals surface area contributed by atoms with E-state index in [4.69, 9.17) is 4.74 Å². The summed E-state index contributed by atoms with van der Waals surface area (Å²) in [4.78, 5) is 14.2. The molecule has 1 aromatic rings. The van der Waals surface area contributed by atoms with Crippen LogP contribution in [0.3, 0.4) is 0 Å². The Morgan fingerprint density at radius 3 is 2.89 bits per heavy atom. The molecule has 19 heavy (non-hydrogen) atoms. The highest BCUT2D eigenvalue weighted by atomic mass is 32.2. The largest absolute Gasteiger partial charge is 0.497 e. The van der Waals surface area contributed by atoms with E-state index >= 15 is 0 Å². The van der Waals surface area contributed by atoms with Crippen LogP contribution < -0.4 is 10.1 Å². The van der Waals surface area contributed by atoms with Crippen LogP contribution in [0.25, 0.3) is 0 Å². The molecule has 2 aliphatic heterocycles. The second-order valence-electron chi connectivity index (χ2n) is 5.70. The van der Waals surface area contributed by atoms with Gasteiger partial charge in [-0.1, -0.05) is 17.8 Å². The van der Waals surface area contributed by atoms with Gasteiger partial charge >= 0.3 is 0 Å². The fourth-order valence-corrected chi connectivity index (χ4v) is 3.79. The van der Waals surface area contributed by atoms with E-state index in [1.165, 1.54) is 11.1 Å². The molecule has 1 N–H and O–H groups in total. The SMILES string of the molecule is COc1ccc2c(c1)SC1=C(C2)CC(C)(C)NC1=O. The van der Waals surface area contributed by atoms with Crippen molar-refractivity contribution in [2.75, 3.05) is 7.11 Å². The summed E-state index contributed by atoms with van der Waals surface area (Å²) in [6.45, 7) is 4.14. The average Bonchev–Trinajstić information content (AvgIpc) is 2.35. The summed E-state index contributed by atoms with van der Waals surface area (Å²) in [5.41, 5.74) is 2.41. The van der Waals surface area contributed by atoms with Crippen LogP contribution in [0, 0.1) is 0 Å². The number of carbonyl (C=O) groups excluding carboxylic acids is 1. The van der Waals surface area contributed by atoms with Gasteiger partial charge < -0.3 is 10.1 Å². The first kappa shape index (κ1) is 12.6. The zero-order valence-corrected chi connectivity index (χ0v) is 12.2. The maximum absolute atomic E-state index is 12.2. The number of thioether (sulfide) groups is 1. The topological polar surface area (TPSA) is 38.3 Å². The lowest BCUT2D eigenvalue weighted by atomic mass is 9.87. The van der Waals surface area contributed by atoms with Crippen molar-refractivity contribution in [2.24, 2.45) is 0 Å². The second-order valence-corrected chi connectivity index (χ2v) is 6.75. The van der Waals surface area contributed by atoms with Gasteiger partial charge in [0.2, 0.25) is 0 Å². The summed E-state index contributed by atoms with van der Waals surface area (Å²) >= 11 is 1.57. The Labute approximate surface area is 117 Å². The molecule has 0 aliphatic carbocycles. The van der Waals surface area contributed by atoms with E-state index in [1.807, 2.05) is 12.1 Å². The normalized spacial score (nSPS) is 20.5. The fourth-order valence-electron chi connectivity index (χ4n) is 2.69. The Kier molecular flexibility index (Phi) is 2.86.